The molecule has 0 aromatic rings. The zero-order valence-electron chi connectivity index (χ0n) is 14.8. The molecule has 26 heavy (non-hydrogen) atoms. The third kappa shape index (κ3) is 43.1. The van der Waals surface area contributed by atoms with E-state index in [-0.39, 0.29) is 38.9 Å². The molecule has 10 heteroatoms. The summed E-state index contributed by atoms with van der Waals surface area (Å²) in [6.45, 7) is 0.390. The molecule has 0 aromatic heterocycles. The lowest BCUT2D eigenvalue weighted by Crippen LogP contribution is -1.97. The van der Waals surface area contributed by atoms with E-state index in [0.717, 1.165) is 12.8 Å². The molecule has 0 spiro atoms. The molecule has 154 valence electrons. The van der Waals surface area contributed by atoms with Crippen LogP contribution in [0.4, 0.5) is 0 Å². The molecule has 0 bridgehead atoms. The number of rotatable bonds is 13. The molecule has 0 aliphatic rings. The Labute approximate surface area is 152 Å². The third-order valence-corrected chi connectivity index (χ3v) is 2.63. The van der Waals surface area contributed by atoms with Gasteiger partial charge in [-0.15, -0.1) is 0 Å². The number of hydrogen-bond acceptors (Lipinski definition) is 6. The van der Waals surface area contributed by atoms with Gasteiger partial charge in [0.15, 0.2) is 0 Å². The smallest absolute Gasteiger partial charge is 0.303 e. The van der Waals surface area contributed by atoms with Crippen LogP contribution >= 0.6 is 0 Å². The van der Waals surface area contributed by atoms with Gasteiger partial charge in [0.2, 0.25) is 0 Å². The molecule has 0 saturated carbocycles. The van der Waals surface area contributed by atoms with E-state index in [0.29, 0.717) is 25.7 Å². The minimum absolute atomic E-state index is 0.0628. The van der Waals surface area contributed by atoms with Crippen LogP contribution < -0.4 is 0 Å². The van der Waals surface area contributed by atoms with Crippen LogP contribution in [0.5, 0.6) is 0 Å². The van der Waals surface area contributed by atoms with Crippen LogP contribution in [0.1, 0.15) is 64.2 Å². The Hall–Kier alpha value is -2.20. The highest BCUT2D eigenvalue weighted by molar-refractivity contribution is 5.68. The number of aliphatic hydroxyl groups excluding tert-OH is 2. The number of unbranched alkanes of at least 4 members (excludes halogenated alkanes) is 3. The van der Waals surface area contributed by atoms with Gasteiger partial charge in [0.05, 0.1) is 0 Å². The Morgan fingerprint density at radius 1 is 0.423 bits per heavy atom. The second kappa shape index (κ2) is 22.8. The van der Waals surface area contributed by atoms with Crippen LogP contribution in [0.3, 0.4) is 0 Å². The zero-order valence-corrected chi connectivity index (χ0v) is 14.8. The first-order valence-electron chi connectivity index (χ1n) is 8.26. The molecular weight excluding hydrogens is 352 g/mol. The lowest BCUT2D eigenvalue weighted by molar-refractivity contribution is -0.139. The van der Waals surface area contributed by atoms with Crippen molar-refractivity contribution in [2.24, 2.45) is 0 Å². The molecule has 0 aliphatic carbocycles. The number of aliphatic carboxylic acids is 4. The summed E-state index contributed by atoms with van der Waals surface area (Å²) in [4.78, 5) is 39.6. The largest absolute Gasteiger partial charge is 0.481 e. The van der Waals surface area contributed by atoms with Gasteiger partial charge < -0.3 is 30.6 Å². The number of carboxylic acids is 4. The summed E-state index contributed by atoms with van der Waals surface area (Å²) in [5.41, 5.74) is 0. The highest BCUT2D eigenvalue weighted by Crippen LogP contribution is 1.99. The summed E-state index contributed by atoms with van der Waals surface area (Å²) in [5, 5.41) is 48.7. The van der Waals surface area contributed by atoms with E-state index >= 15 is 0 Å². The van der Waals surface area contributed by atoms with Crippen molar-refractivity contribution < 1.29 is 49.8 Å². The SMILES string of the molecule is O=C(O)CCCCC(=O)O.O=C(O)CCCCC(=O)O.OCCCCO. The Kier molecular flexibility index (Phi) is 25.1. The fourth-order valence-electron chi connectivity index (χ4n) is 1.33. The molecular formula is C16H30O10. The average molecular weight is 382 g/mol. The van der Waals surface area contributed by atoms with E-state index in [1.54, 1.807) is 0 Å². The van der Waals surface area contributed by atoms with Gasteiger partial charge in [-0.25, -0.2) is 0 Å². The van der Waals surface area contributed by atoms with Crippen LogP contribution in [-0.4, -0.2) is 67.7 Å². The van der Waals surface area contributed by atoms with Crippen molar-refractivity contribution in [1.29, 1.82) is 0 Å². The second-order valence-electron chi connectivity index (χ2n) is 5.14. The molecule has 0 atom stereocenters. The number of aliphatic hydroxyl groups is 2. The highest BCUT2D eigenvalue weighted by atomic mass is 16.4. The van der Waals surface area contributed by atoms with E-state index in [4.69, 9.17) is 30.6 Å². The number of carbonyl (C=O) groups is 4. The molecule has 0 fully saturated rings. The van der Waals surface area contributed by atoms with Gasteiger partial charge in [-0.1, -0.05) is 0 Å². The van der Waals surface area contributed by atoms with E-state index in [1.807, 2.05) is 0 Å². The van der Waals surface area contributed by atoms with Crippen molar-refractivity contribution in [3.63, 3.8) is 0 Å². The molecule has 10 nitrogen and oxygen atoms in total. The van der Waals surface area contributed by atoms with E-state index in [1.165, 1.54) is 0 Å². The summed E-state index contributed by atoms with van der Waals surface area (Å²) in [5.74, 6) is -3.48. The van der Waals surface area contributed by atoms with Crippen LogP contribution in [0.15, 0.2) is 0 Å². The molecule has 0 amide bonds. The van der Waals surface area contributed by atoms with Crippen molar-refractivity contribution in [3.05, 3.63) is 0 Å². The summed E-state index contributed by atoms with van der Waals surface area (Å²) in [6, 6.07) is 0. The molecule has 6 N–H and O–H groups in total. The van der Waals surface area contributed by atoms with E-state index in [9.17, 15) is 19.2 Å². The Morgan fingerprint density at radius 3 is 0.731 bits per heavy atom. The minimum Gasteiger partial charge on any atom is -0.481 e. The maximum absolute atomic E-state index is 9.90. The van der Waals surface area contributed by atoms with Gasteiger partial charge in [-0.3, -0.25) is 19.2 Å². The van der Waals surface area contributed by atoms with Crippen LogP contribution in [0.2, 0.25) is 0 Å². The lowest BCUT2D eigenvalue weighted by atomic mass is 10.2. The maximum atomic E-state index is 9.90. The van der Waals surface area contributed by atoms with E-state index < -0.39 is 23.9 Å². The van der Waals surface area contributed by atoms with Crippen LogP contribution in [0, 0.1) is 0 Å². The lowest BCUT2D eigenvalue weighted by Gasteiger charge is -1.92. The average Bonchev–Trinajstić information content (AvgIpc) is 2.54. The molecule has 0 aliphatic heterocycles. The van der Waals surface area contributed by atoms with Crippen molar-refractivity contribution >= 4 is 23.9 Å². The predicted molar refractivity (Wildman–Crippen MR) is 90.9 cm³/mol. The Bertz CT molecular complexity index is 313. The quantitative estimate of drug-likeness (QED) is 0.252. The van der Waals surface area contributed by atoms with Crippen molar-refractivity contribution in [2.75, 3.05) is 13.2 Å². The first kappa shape index (κ1) is 28.6. The Balaban J connectivity index is -0.000000316. The maximum Gasteiger partial charge on any atom is 0.303 e. The molecule has 0 saturated heterocycles. The van der Waals surface area contributed by atoms with Crippen LogP contribution in [0.25, 0.3) is 0 Å². The van der Waals surface area contributed by atoms with Gasteiger partial charge in [0.25, 0.3) is 0 Å². The van der Waals surface area contributed by atoms with Crippen molar-refractivity contribution in [1.82, 2.24) is 0 Å². The summed E-state index contributed by atoms with van der Waals surface area (Å²) >= 11 is 0. The summed E-state index contributed by atoms with van der Waals surface area (Å²) in [7, 11) is 0. The molecule has 0 unspecified atom stereocenters. The van der Waals surface area contributed by atoms with Gasteiger partial charge in [0.1, 0.15) is 0 Å². The molecule has 0 radical (unpaired) electrons. The van der Waals surface area contributed by atoms with Crippen LogP contribution in [-0.2, 0) is 19.2 Å². The normalized spacial score (nSPS) is 9.15. The summed E-state index contributed by atoms with van der Waals surface area (Å²) in [6.07, 6.45) is 3.47. The predicted octanol–water partition coefficient (Wildman–Crippen LogP) is 1.18. The van der Waals surface area contributed by atoms with Crippen molar-refractivity contribution in [2.45, 2.75) is 64.2 Å². The van der Waals surface area contributed by atoms with Gasteiger partial charge in [0, 0.05) is 38.9 Å². The van der Waals surface area contributed by atoms with E-state index in [2.05, 4.69) is 0 Å². The third-order valence-electron chi connectivity index (χ3n) is 2.63. The highest BCUT2D eigenvalue weighted by Gasteiger charge is 1.99. The number of hydrogen-bond donors (Lipinski definition) is 6. The summed E-state index contributed by atoms with van der Waals surface area (Å²) < 4.78 is 0. The monoisotopic (exact) mass is 382 g/mol. The Morgan fingerprint density at radius 2 is 0.615 bits per heavy atom. The first-order chi connectivity index (χ1) is 12.2. The topological polar surface area (TPSA) is 190 Å². The van der Waals surface area contributed by atoms with Crippen molar-refractivity contribution in [3.8, 4) is 0 Å². The fraction of sp³-hybridized carbons (Fsp3) is 0.750. The van der Waals surface area contributed by atoms with Gasteiger partial charge in [-0.2, -0.15) is 0 Å². The number of carboxylic acid groups (broad SMARTS) is 4. The zero-order chi connectivity index (χ0) is 20.8. The fourth-order valence-corrected chi connectivity index (χ4v) is 1.33. The first-order valence-corrected chi connectivity index (χ1v) is 8.26. The second-order valence-corrected chi connectivity index (χ2v) is 5.14. The molecule has 0 rings (SSSR count). The van der Waals surface area contributed by atoms with Gasteiger partial charge in [-0.05, 0) is 38.5 Å². The molecule has 0 aromatic carbocycles. The minimum atomic E-state index is -0.870. The van der Waals surface area contributed by atoms with Gasteiger partial charge >= 0.3 is 23.9 Å². The molecule has 0 heterocycles. The standard InChI is InChI=1S/2C6H10O4.C4H10O2/c2*7-5(8)3-1-2-4-6(9)10;5-3-1-2-4-6/h2*1-4H2,(H,7,8)(H,9,10);5-6H,1-4H2.